The number of carbonyl (C=O) groups is 3. The molecule has 0 fully saturated rings. The summed E-state index contributed by atoms with van der Waals surface area (Å²) in [7, 11) is 1.21. The highest BCUT2D eigenvalue weighted by Gasteiger charge is 2.25. The van der Waals surface area contributed by atoms with Crippen molar-refractivity contribution >= 4 is 23.5 Å². The molecule has 25 heavy (non-hydrogen) atoms. The van der Waals surface area contributed by atoms with Crippen molar-refractivity contribution in [3.8, 4) is 0 Å². The van der Waals surface area contributed by atoms with Gasteiger partial charge in [-0.25, -0.2) is 9.18 Å². The molecule has 7 heteroatoms. The van der Waals surface area contributed by atoms with Crippen LogP contribution in [-0.2, 0) is 14.3 Å². The van der Waals surface area contributed by atoms with E-state index in [1.165, 1.54) is 19.2 Å². The van der Waals surface area contributed by atoms with Gasteiger partial charge in [-0.1, -0.05) is 27.7 Å². The molecule has 0 aliphatic heterocycles. The van der Waals surface area contributed by atoms with Gasteiger partial charge in [-0.2, -0.15) is 0 Å². The average Bonchev–Trinajstić information content (AvgIpc) is 2.52. The van der Waals surface area contributed by atoms with Gasteiger partial charge >= 0.3 is 5.97 Å². The third-order valence-electron chi connectivity index (χ3n) is 3.50. The Balaban J connectivity index is 2.93. The van der Waals surface area contributed by atoms with Crippen molar-refractivity contribution in [3.05, 3.63) is 29.6 Å². The van der Waals surface area contributed by atoms with Gasteiger partial charge in [-0.3, -0.25) is 9.59 Å². The minimum Gasteiger partial charge on any atom is -0.465 e. The average molecular weight is 352 g/mol. The van der Waals surface area contributed by atoms with Crippen molar-refractivity contribution in [2.24, 2.45) is 11.8 Å². The molecular weight excluding hydrogens is 327 g/mol. The Morgan fingerprint density at radius 1 is 1.16 bits per heavy atom. The van der Waals surface area contributed by atoms with Crippen molar-refractivity contribution in [1.29, 1.82) is 0 Å². The van der Waals surface area contributed by atoms with E-state index in [2.05, 4.69) is 15.4 Å². The molecule has 1 unspecified atom stereocenters. The van der Waals surface area contributed by atoms with Gasteiger partial charge in [0, 0.05) is 6.42 Å². The van der Waals surface area contributed by atoms with E-state index in [0.29, 0.717) is 6.42 Å². The van der Waals surface area contributed by atoms with Crippen LogP contribution in [-0.4, -0.2) is 30.9 Å². The Hall–Kier alpha value is -2.44. The quantitative estimate of drug-likeness (QED) is 0.739. The maximum atomic E-state index is 13.9. The molecule has 0 spiro atoms. The van der Waals surface area contributed by atoms with E-state index in [1.807, 2.05) is 13.8 Å². The van der Waals surface area contributed by atoms with Crippen LogP contribution in [0.4, 0.5) is 10.1 Å². The molecule has 1 rings (SSSR count). The van der Waals surface area contributed by atoms with Crippen molar-refractivity contribution < 1.29 is 23.5 Å². The second-order valence-electron chi connectivity index (χ2n) is 6.56. The van der Waals surface area contributed by atoms with Crippen LogP contribution in [0.5, 0.6) is 0 Å². The molecule has 0 saturated heterocycles. The first-order chi connectivity index (χ1) is 11.6. The number of methoxy groups -OCH3 is 1. The monoisotopic (exact) mass is 352 g/mol. The van der Waals surface area contributed by atoms with Crippen molar-refractivity contribution in [3.63, 3.8) is 0 Å². The molecule has 0 bridgehead atoms. The summed E-state index contributed by atoms with van der Waals surface area (Å²) in [5, 5.41) is 5.10. The zero-order valence-electron chi connectivity index (χ0n) is 15.2. The molecule has 1 aromatic carbocycles. The zero-order valence-corrected chi connectivity index (χ0v) is 15.2. The molecule has 0 saturated carbocycles. The Morgan fingerprint density at radius 3 is 2.32 bits per heavy atom. The summed E-state index contributed by atoms with van der Waals surface area (Å²) in [6.07, 6.45) is 0.294. The number of rotatable bonds is 7. The van der Waals surface area contributed by atoms with Gasteiger partial charge in [-0.05, 0) is 30.0 Å². The molecule has 0 aliphatic carbocycles. The number of hydrogen-bond acceptors (Lipinski definition) is 4. The highest BCUT2D eigenvalue weighted by molar-refractivity contribution is 5.98. The molecule has 0 aliphatic rings. The summed E-state index contributed by atoms with van der Waals surface area (Å²) in [6.45, 7) is 7.36. The predicted molar refractivity (Wildman–Crippen MR) is 92.6 cm³/mol. The number of nitrogens with one attached hydrogen (secondary N) is 2. The second kappa shape index (κ2) is 9.15. The number of esters is 1. The van der Waals surface area contributed by atoms with Gasteiger partial charge in [0.05, 0.1) is 18.4 Å². The van der Waals surface area contributed by atoms with E-state index in [0.717, 1.165) is 6.07 Å². The number of amides is 2. The lowest BCUT2D eigenvalue weighted by atomic mass is 10.0. The molecule has 6 nitrogen and oxygen atoms in total. The molecule has 2 N–H and O–H groups in total. The molecule has 1 atom stereocenters. The highest BCUT2D eigenvalue weighted by Crippen LogP contribution is 2.18. The van der Waals surface area contributed by atoms with E-state index in [1.54, 1.807) is 13.8 Å². The van der Waals surface area contributed by atoms with Gasteiger partial charge in [0.15, 0.2) is 0 Å². The minimum atomic E-state index is -0.813. The van der Waals surface area contributed by atoms with E-state index >= 15 is 0 Å². The maximum absolute atomic E-state index is 13.9. The number of ether oxygens (including phenoxy) is 1. The number of carbonyl (C=O) groups excluding carboxylic acids is 3. The number of hydrogen-bond donors (Lipinski definition) is 2. The van der Waals surface area contributed by atoms with Crippen LogP contribution >= 0.6 is 0 Å². The fraction of sp³-hybridized carbons (Fsp3) is 0.500. The van der Waals surface area contributed by atoms with E-state index in [-0.39, 0.29) is 29.0 Å². The third kappa shape index (κ3) is 6.17. The van der Waals surface area contributed by atoms with Crippen LogP contribution in [0.15, 0.2) is 18.2 Å². The first-order valence-electron chi connectivity index (χ1n) is 8.13. The second-order valence-corrected chi connectivity index (χ2v) is 6.56. The Kier molecular flexibility index (Phi) is 7.54. The Bertz CT molecular complexity index is 644. The van der Waals surface area contributed by atoms with Crippen molar-refractivity contribution in [2.75, 3.05) is 12.4 Å². The largest absolute Gasteiger partial charge is 0.465 e. The molecule has 0 heterocycles. The normalized spacial score (nSPS) is 12.0. The predicted octanol–water partition coefficient (Wildman–Crippen LogP) is 2.74. The van der Waals surface area contributed by atoms with Gasteiger partial charge in [0.1, 0.15) is 11.9 Å². The van der Waals surface area contributed by atoms with Crippen LogP contribution in [0.3, 0.4) is 0 Å². The minimum absolute atomic E-state index is 0.115. The van der Waals surface area contributed by atoms with Gasteiger partial charge < -0.3 is 15.4 Å². The summed E-state index contributed by atoms with van der Waals surface area (Å²) in [5.41, 5.74) is -0.0270. The zero-order chi connectivity index (χ0) is 19.1. The summed E-state index contributed by atoms with van der Waals surface area (Å²) in [6, 6.07) is 2.73. The molecular formula is C18H25FN2O4. The number of anilines is 1. The lowest BCUT2D eigenvalue weighted by Gasteiger charge is -2.22. The smallest absolute Gasteiger partial charge is 0.337 e. The van der Waals surface area contributed by atoms with Crippen LogP contribution in [0.2, 0.25) is 0 Å². The standard InChI is InChI=1S/C18H25FN2O4/c1-10(2)8-15(22)21-16(11(3)4)17(23)20-14-9-12(18(24)25-5)6-7-13(14)19/h6-7,9-11,16H,8H2,1-5H3,(H,20,23)(H,21,22). The summed E-state index contributed by atoms with van der Waals surface area (Å²) in [4.78, 5) is 36.0. The Labute approximate surface area is 147 Å². The first kappa shape index (κ1) is 20.6. The topological polar surface area (TPSA) is 84.5 Å². The van der Waals surface area contributed by atoms with Crippen molar-refractivity contribution in [2.45, 2.75) is 40.2 Å². The van der Waals surface area contributed by atoms with Crippen LogP contribution in [0.1, 0.15) is 44.5 Å². The van der Waals surface area contributed by atoms with Crippen LogP contribution in [0, 0.1) is 17.7 Å². The highest BCUT2D eigenvalue weighted by atomic mass is 19.1. The van der Waals surface area contributed by atoms with Crippen molar-refractivity contribution in [1.82, 2.24) is 5.32 Å². The molecule has 0 aromatic heterocycles. The number of halogens is 1. The summed E-state index contributed by atoms with van der Waals surface area (Å²) in [5.74, 6) is -2.15. The van der Waals surface area contributed by atoms with E-state index in [4.69, 9.17) is 0 Å². The van der Waals surface area contributed by atoms with E-state index < -0.39 is 23.7 Å². The maximum Gasteiger partial charge on any atom is 0.337 e. The fourth-order valence-electron chi connectivity index (χ4n) is 2.21. The van der Waals surface area contributed by atoms with Crippen LogP contribution in [0.25, 0.3) is 0 Å². The van der Waals surface area contributed by atoms with Gasteiger partial charge in [0.25, 0.3) is 0 Å². The van der Waals surface area contributed by atoms with Gasteiger partial charge in [0.2, 0.25) is 11.8 Å². The van der Waals surface area contributed by atoms with Crippen LogP contribution < -0.4 is 10.6 Å². The molecule has 0 radical (unpaired) electrons. The Morgan fingerprint density at radius 2 is 1.80 bits per heavy atom. The molecule has 2 amide bonds. The van der Waals surface area contributed by atoms with Gasteiger partial charge in [-0.15, -0.1) is 0 Å². The van der Waals surface area contributed by atoms with E-state index in [9.17, 15) is 18.8 Å². The lowest BCUT2D eigenvalue weighted by molar-refractivity contribution is -0.127. The first-order valence-corrected chi connectivity index (χ1v) is 8.13. The summed E-state index contributed by atoms with van der Waals surface area (Å²) < 4.78 is 18.5. The third-order valence-corrected chi connectivity index (χ3v) is 3.50. The molecule has 138 valence electrons. The lowest BCUT2D eigenvalue weighted by Crippen LogP contribution is -2.47. The SMILES string of the molecule is COC(=O)c1ccc(F)c(NC(=O)C(NC(=O)CC(C)C)C(C)C)c1. The fourth-order valence-corrected chi connectivity index (χ4v) is 2.21. The number of benzene rings is 1. The molecule has 1 aromatic rings. The summed E-state index contributed by atoms with van der Waals surface area (Å²) >= 11 is 0.